The highest BCUT2D eigenvalue weighted by molar-refractivity contribution is 7.51. The Kier molecular flexibility index (Phi) is 5.32. The second kappa shape index (κ2) is 7.22. The minimum atomic E-state index is -4.35. The van der Waals surface area contributed by atoms with Gasteiger partial charge in [0, 0.05) is 11.5 Å². The number of rotatable bonds is 8. The second-order valence-electron chi connectivity index (χ2n) is 4.39. The zero-order valence-corrected chi connectivity index (χ0v) is 12.5. The molecule has 0 saturated heterocycles. The first-order valence-corrected chi connectivity index (χ1v) is 8.03. The van der Waals surface area contributed by atoms with Gasteiger partial charge in [0.15, 0.2) is 11.2 Å². The number of ether oxygens (including phenoxy) is 1. The summed E-state index contributed by atoms with van der Waals surface area (Å²) in [5.74, 6) is 0.0975. The molecule has 0 spiro atoms. The number of imidazole rings is 1. The van der Waals surface area contributed by atoms with Gasteiger partial charge in [-0.3, -0.25) is 14.3 Å². The van der Waals surface area contributed by atoms with Crippen LogP contribution in [0.25, 0.3) is 21.6 Å². The molecule has 0 bridgehead atoms. The van der Waals surface area contributed by atoms with Gasteiger partial charge in [0.2, 0.25) is 5.95 Å². The molecule has 124 valence electrons. The lowest BCUT2D eigenvalue weighted by Gasteiger charge is -2.17. The number of anilines is 1. The zero-order valence-electron chi connectivity index (χ0n) is 11.6. The van der Waals surface area contributed by atoms with E-state index in [4.69, 9.17) is 20.1 Å². The number of azide groups is 1. The fourth-order valence-electron chi connectivity index (χ4n) is 1.64. The normalized spacial score (nSPS) is 12.8. The van der Waals surface area contributed by atoms with Crippen LogP contribution in [-0.2, 0) is 9.30 Å². The summed E-state index contributed by atoms with van der Waals surface area (Å²) in [5.41, 5.74) is 8.31. The van der Waals surface area contributed by atoms with Crippen molar-refractivity contribution in [3.05, 3.63) is 27.1 Å². The van der Waals surface area contributed by atoms with Gasteiger partial charge in [0.1, 0.15) is 6.35 Å². The Labute approximate surface area is 127 Å². The van der Waals surface area contributed by atoms with Crippen molar-refractivity contribution in [2.75, 3.05) is 24.8 Å². The molecule has 1 atom stereocenters. The van der Waals surface area contributed by atoms with Gasteiger partial charge in [0.25, 0.3) is 5.56 Å². The van der Waals surface area contributed by atoms with Gasteiger partial charge in [-0.1, -0.05) is 5.11 Å². The Morgan fingerprint density at radius 3 is 3.04 bits per heavy atom. The van der Waals surface area contributed by atoms with E-state index >= 15 is 0 Å². The third kappa shape index (κ3) is 5.06. The molecule has 2 aromatic rings. The average Bonchev–Trinajstić information content (AvgIpc) is 2.94. The second-order valence-corrected chi connectivity index (χ2v) is 5.98. The Morgan fingerprint density at radius 2 is 2.35 bits per heavy atom. The van der Waals surface area contributed by atoms with Crippen molar-refractivity contribution in [2.24, 2.45) is 5.11 Å². The Bertz CT molecular complexity index is 821. The molecule has 0 aliphatic carbocycles. The van der Waals surface area contributed by atoms with E-state index in [1.165, 1.54) is 6.33 Å². The Hall–Kier alpha value is -2.43. The van der Waals surface area contributed by atoms with E-state index in [1.807, 2.05) is 0 Å². The maximum Gasteiger partial charge on any atom is 0.350 e. The largest absolute Gasteiger partial charge is 0.364 e. The van der Waals surface area contributed by atoms with Crippen LogP contribution in [-0.4, -0.2) is 55.3 Å². The van der Waals surface area contributed by atoms with Gasteiger partial charge in [-0.15, -0.1) is 0 Å². The summed E-state index contributed by atoms with van der Waals surface area (Å²) in [6, 6.07) is 0. The number of aromatic nitrogens is 4. The fraction of sp³-hybridized carbons (Fsp3) is 0.444. The quantitative estimate of drug-likeness (QED) is 0.189. The van der Waals surface area contributed by atoms with E-state index in [-0.39, 0.29) is 30.2 Å². The van der Waals surface area contributed by atoms with E-state index in [1.54, 1.807) is 0 Å². The number of nitrogens with one attached hydrogen (secondary N) is 3. The fourth-order valence-corrected chi connectivity index (χ4v) is 2.05. The lowest BCUT2D eigenvalue weighted by molar-refractivity contribution is 0.0900. The monoisotopic (exact) mass is 344 g/mol. The smallest absolute Gasteiger partial charge is 0.350 e. The third-order valence-electron chi connectivity index (χ3n) is 2.62. The van der Waals surface area contributed by atoms with E-state index in [9.17, 15) is 9.36 Å². The Balaban J connectivity index is 2.04. The number of fused-ring (bicyclic) bond motifs is 1. The molecule has 0 amide bonds. The van der Waals surface area contributed by atoms with Crippen molar-refractivity contribution < 1.29 is 19.1 Å². The maximum absolute atomic E-state index is 11.7. The van der Waals surface area contributed by atoms with Crippen LogP contribution in [0.15, 0.2) is 16.2 Å². The number of H-pyrrole nitrogens is 2. The molecule has 2 rings (SSSR count). The molecule has 0 radical (unpaired) electrons. The highest BCUT2D eigenvalue weighted by Gasteiger charge is 2.18. The summed E-state index contributed by atoms with van der Waals surface area (Å²) < 4.78 is 15.8. The van der Waals surface area contributed by atoms with Gasteiger partial charge in [-0.2, -0.15) is 4.98 Å². The van der Waals surface area contributed by atoms with E-state index in [0.717, 1.165) is 0 Å². The summed E-state index contributed by atoms with van der Waals surface area (Å²) in [7, 11) is -4.35. The highest BCUT2D eigenvalue weighted by atomic mass is 31.2. The molecule has 5 N–H and O–H groups in total. The molecule has 0 saturated carbocycles. The summed E-state index contributed by atoms with van der Waals surface area (Å²) in [6.07, 6.45) is -0.314. The van der Waals surface area contributed by atoms with Crippen LogP contribution in [0, 0.1) is 0 Å². The molecule has 23 heavy (non-hydrogen) atoms. The first kappa shape index (κ1) is 16.9. The first-order valence-electron chi connectivity index (χ1n) is 6.23. The standard InChI is InChI=1S/C9H13N8O5P/c10-17-14-2-5(22-4-23(19,20)21)1-11-9-15-7-6(8(18)16-9)12-3-13-7/h3,5H,1-2,4H2,(H2,19,20,21)(H3,11,12,13,15,16,18)/t5-/m0/s1. The molecule has 0 aromatic carbocycles. The van der Waals surface area contributed by atoms with Crippen molar-refractivity contribution in [1.82, 2.24) is 19.9 Å². The number of hydrogen-bond acceptors (Lipinski definition) is 7. The molecule has 0 aliphatic rings. The van der Waals surface area contributed by atoms with Crippen LogP contribution in [0.1, 0.15) is 0 Å². The lowest BCUT2D eigenvalue weighted by Crippen LogP contribution is -2.28. The van der Waals surface area contributed by atoms with Crippen molar-refractivity contribution in [3.63, 3.8) is 0 Å². The number of aromatic amines is 2. The average molecular weight is 344 g/mol. The maximum atomic E-state index is 11.7. The summed E-state index contributed by atoms with van der Waals surface area (Å²) >= 11 is 0. The van der Waals surface area contributed by atoms with Crippen LogP contribution >= 0.6 is 7.60 Å². The van der Waals surface area contributed by atoms with Crippen LogP contribution in [0.3, 0.4) is 0 Å². The third-order valence-corrected chi connectivity index (χ3v) is 3.11. The van der Waals surface area contributed by atoms with Crippen molar-refractivity contribution >= 4 is 24.7 Å². The van der Waals surface area contributed by atoms with Crippen LogP contribution < -0.4 is 10.9 Å². The highest BCUT2D eigenvalue weighted by Crippen LogP contribution is 2.34. The lowest BCUT2D eigenvalue weighted by atomic mass is 10.3. The van der Waals surface area contributed by atoms with Gasteiger partial charge < -0.3 is 24.8 Å². The minimum Gasteiger partial charge on any atom is -0.364 e. The summed E-state index contributed by atoms with van der Waals surface area (Å²) in [4.78, 5) is 44.9. The molecule has 0 fully saturated rings. The summed E-state index contributed by atoms with van der Waals surface area (Å²) in [5, 5.41) is 6.03. The van der Waals surface area contributed by atoms with Crippen molar-refractivity contribution in [1.29, 1.82) is 0 Å². The molecule has 2 heterocycles. The summed E-state index contributed by atoms with van der Waals surface area (Å²) in [6.45, 7) is -0.156. The molecular weight excluding hydrogens is 331 g/mol. The molecule has 0 unspecified atom stereocenters. The van der Waals surface area contributed by atoms with Crippen molar-refractivity contribution in [3.8, 4) is 0 Å². The van der Waals surface area contributed by atoms with Crippen LogP contribution in [0.4, 0.5) is 5.95 Å². The van der Waals surface area contributed by atoms with Crippen LogP contribution in [0.2, 0.25) is 0 Å². The molecular formula is C9H13N8O5P. The van der Waals surface area contributed by atoms with Gasteiger partial charge >= 0.3 is 7.60 Å². The Morgan fingerprint density at radius 1 is 1.57 bits per heavy atom. The zero-order chi connectivity index (χ0) is 16.9. The van der Waals surface area contributed by atoms with Crippen LogP contribution in [0.5, 0.6) is 0 Å². The predicted octanol–water partition coefficient (Wildman–Crippen LogP) is -0.111. The van der Waals surface area contributed by atoms with E-state index in [0.29, 0.717) is 0 Å². The molecule has 0 aliphatic heterocycles. The predicted molar refractivity (Wildman–Crippen MR) is 78.8 cm³/mol. The molecule has 13 nitrogen and oxygen atoms in total. The van der Waals surface area contributed by atoms with Gasteiger partial charge in [-0.05, 0) is 5.53 Å². The SMILES string of the molecule is [N-]=[N+]=NC[C@H](CNc1nc2nc[nH]c2c(=O)[nH]1)OCP(=O)(O)O. The van der Waals surface area contributed by atoms with Crippen molar-refractivity contribution in [2.45, 2.75) is 6.10 Å². The van der Waals surface area contributed by atoms with E-state index < -0.39 is 25.6 Å². The minimum absolute atomic E-state index is 0.00209. The molecule has 2 aromatic heterocycles. The topological polar surface area (TPSA) is 202 Å². The van der Waals surface area contributed by atoms with Gasteiger partial charge in [-0.25, -0.2) is 4.98 Å². The molecule has 14 heteroatoms. The van der Waals surface area contributed by atoms with Gasteiger partial charge in [0.05, 0.1) is 19.0 Å². The number of nitrogens with zero attached hydrogens (tertiary/aromatic N) is 5. The number of hydrogen-bond donors (Lipinski definition) is 5. The van der Waals surface area contributed by atoms with E-state index in [2.05, 4.69) is 35.3 Å². The first-order chi connectivity index (χ1) is 10.9.